The normalized spacial score (nSPS) is 41.0. The molecule has 9 heavy (non-hydrogen) atoms. The maximum atomic E-state index is 3.47. The molecule has 2 bridgehead atoms. The molecule has 2 atom stereocenters. The molecular weight excluding hydrogens is 326 g/mol. The van der Waals surface area contributed by atoms with E-state index >= 15 is 0 Å². The molecule has 0 aromatic heterocycles. The molecule has 0 spiro atoms. The van der Waals surface area contributed by atoms with Gasteiger partial charge in [-0.25, -0.2) is 0 Å². The van der Waals surface area contributed by atoms with E-state index in [9.17, 15) is 0 Å². The summed E-state index contributed by atoms with van der Waals surface area (Å²) in [5.41, 5.74) is 0. The van der Waals surface area contributed by atoms with Gasteiger partial charge in [-0.3, -0.25) is 0 Å². The Labute approximate surface area is 92.8 Å². The fourth-order valence-electron chi connectivity index (χ4n) is 1.73. The van der Waals surface area contributed by atoms with Gasteiger partial charge in [-0.2, -0.15) is 0 Å². The third-order valence-corrected chi connectivity index (χ3v) is 2.10. The van der Waals surface area contributed by atoms with Crippen LogP contribution in [0.5, 0.6) is 0 Å². The number of hydrogen-bond donors (Lipinski definition) is 1. The number of fused-ring (bicyclic) bond motifs is 2. The smallest absolute Gasteiger partial charge is 0.0213 e. The molecule has 3 aliphatic rings. The SMILES string of the molecule is CN1CC2CC(C1)N2.[Ra]. The number of hydrogen-bond acceptors (Lipinski definition) is 2. The molecule has 3 aliphatic heterocycles. The third-order valence-electron chi connectivity index (χ3n) is 2.10. The number of piperazine rings is 1. The molecule has 48 valence electrons. The number of nitrogens with one attached hydrogen (secondary N) is 1. The summed E-state index contributed by atoms with van der Waals surface area (Å²) in [6, 6.07) is 1.66. The van der Waals surface area contributed by atoms with Gasteiger partial charge in [0.05, 0.1) is 0 Å². The van der Waals surface area contributed by atoms with Gasteiger partial charge in [0.2, 0.25) is 0 Å². The summed E-state index contributed by atoms with van der Waals surface area (Å²) < 4.78 is 0. The van der Waals surface area contributed by atoms with Gasteiger partial charge >= 0.3 is 0 Å². The molecule has 3 heteroatoms. The minimum absolute atomic E-state index is 0. The van der Waals surface area contributed by atoms with Gasteiger partial charge in [0.25, 0.3) is 0 Å². The number of nitrogens with zero attached hydrogens (tertiary/aromatic N) is 1. The molecule has 0 saturated carbocycles. The molecule has 3 saturated heterocycles. The van der Waals surface area contributed by atoms with Gasteiger partial charge < -0.3 is 10.2 Å². The van der Waals surface area contributed by atoms with Gasteiger partial charge in [0.15, 0.2) is 0 Å². The van der Waals surface area contributed by atoms with Crippen LogP contribution in [0.4, 0.5) is 0 Å². The quantitative estimate of drug-likeness (QED) is 0.650. The van der Waals surface area contributed by atoms with Crippen molar-refractivity contribution in [1.29, 1.82) is 0 Å². The maximum Gasteiger partial charge on any atom is 0.0213 e. The summed E-state index contributed by atoms with van der Waals surface area (Å²) >= 11 is 0. The predicted octanol–water partition coefficient (Wildman–Crippen LogP) is -0.338. The van der Waals surface area contributed by atoms with E-state index in [1.54, 1.807) is 0 Å². The van der Waals surface area contributed by atoms with Crippen molar-refractivity contribution in [2.75, 3.05) is 20.1 Å². The van der Waals surface area contributed by atoms with E-state index < -0.39 is 0 Å². The first-order valence-corrected chi connectivity index (χ1v) is 3.29. The summed E-state index contributed by atoms with van der Waals surface area (Å²) in [6.45, 7) is 2.52. The minimum Gasteiger partial charge on any atom is -0.309 e. The van der Waals surface area contributed by atoms with E-state index in [-0.39, 0.29) is 45.0 Å². The third kappa shape index (κ3) is 1.69. The first-order valence-electron chi connectivity index (χ1n) is 3.29. The van der Waals surface area contributed by atoms with Crippen molar-refractivity contribution < 1.29 is 45.0 Å². The maximum absolute atomic E-state index is 3.47. The Morgan fingerprint density at radius 3 is 2.00 bits per heavy atom. The molecule has 0 aromatic carbocycles. The first-order chi connectivity index (χ1) is 3.84. The molecule has 2 unspecified atom stereocenters. The second-order valence-corrected chi connectivity index (χ2v) is 3.02. The zero-order chi connectivity index (χ0) is 5.56. The molecule has 3 rings (SSSR count). The van der Waals surface area contributed by atoms with Crippen LogP contribution in [-0.4, -0.2) is 37.1 Å². The van der Waals surface area contributed by atoms with Gasteiger partial charge in [-0.1, -0.05) is 0 Å². The second kappa shape index (κ2) is 3.19. The largest absolute Gasteiger partial charge is 0.309 e. The Kier molecular flexibility index (Phi) is 3.01. The molecule has 1 N–H and O–H groups in total. The van der Waals surface area contributed by atoms with Crippen molar-refractivity contribution >= 4 is 0 Å². The minimum atomic E-state index is 0. The Morgan fingerprint density at radius 2 is 1.78 bits per heavy atom. The molecule has 0 aliphatic carbocycles. The fraction of sp³-hybridized carbons (Fsp3) is 1.00. The van der Waals surface area contributed by atoms with Crippen LogP contribution >= 0.6 is 0 Å². The Bertz CT molecular complexity index is 91.2. The van der Waals surface area contributed by atoms with Gasteiger partial charge in [0, 0.05) is 70.2 Å². The van der Waals surface area contributed by atoms with Crippen LogP contribution in [0.15, 0.2) is 0 Å². The van der Waals surface area contributed by atoms with Crippen LogP contribution in [0.3, 0.4) is 0 Å². The van der Waals surface area contributed by atoms with Crippen LogP contribution < -0.4 is 5.32 Å². The Hall–Kier alpha value is 1.39. The van der Waals surface area contributed by atoms with Crippen LogP contribution in [0.2, 0.25) is 0 Å². The van der Waals surface area contributed by atoms with Crippen molar-refractivity contribution in [2.24, 2.45) is 0 Å². The average molecular weight is 338 g/mol. The molecule has 3 fully saturated rings. The first kappa shape index (κ1) is 8.48. The van der Waals surface area contributed by atoms with Gasteiger partial charge in [0.1, 0.15) is 0 Å². The van der Waals surface area contributed by atoms with Crippen LogP contribution in [0.25, 0.3) is 0 Å². The molecule has 3 heterocycles. The van der Waals surface area contributed by atoms with Crippen molar-refractivity contribution in [3.63, 3.8) is 0 Å². The molecule has 2 nitrogen and oxygen atoms in total. The van der Waals surface area contributed by atoms with Crippen molar-refractivity contribution in [3.05, 3.63) is 0 Å². The topological polar surface area (TPSA) is 15.3 Å². The monoisotopic (exact) mass is 338 g/mol. The van der Waals surface area contributed by atoms with E-state index in [0.717, 1.165) is 12.1 Å². The summed E-state index contributed by atoms with van der Waals surface area (Å²) in [5.74, 6) is 0. The average Bonchev–Trinajstić information content (AvgIpc) is 1.62. The van der Waals surface area contributed by atoms with Crippen LogP contribution in [0, 0.1) is 45.0 Å². The molecular formula is C6H12N2Ra. The number of piperidine rings is 1. The molecule has 2 radical (unpaired) electrons. The summed E-state index contributed by atoms with van der Waals surface area (Å²) in [5, 5.41) is 3.47. The number of rotatable bonds is 0. The van der Waals surface area contributed by atoms with Crippen molar-refractivity contribution in [2.45, 2.75) is 18.5 Å². The van der Waals surface area contributed by atoms with Crippen LogP contribution in [0.1, 0.15) is 6.42 Å². The fourth-order valence-corrected chi connectivity index (χ4v) is 1.73. The standard InChI is InChI=1S/C6H12N2.Ra/c1-8-3-5-2-6(4-8)7-5;/h5-7H,2-4H2,1H3;. The summed E-state index contributed by atoms with van der Waals surface area (Å²) in [6.07, 6.45) is 1.42. The van der Waals surface area contributed by atoms with E-state index in [2.05, 4.69) is 17.3 Å². The number of likely N-dealkylation sites (N-methyl/N-ethyl adjacent to an activating group) is 1. The zero-order valence-electron chi connectivity index (χ0n) is 5.93. The predicted molar refractivity (Wildman–Crippen MR) is 32.8 cm³/mol. The zero-order valence-corrected chi connectivity index (χ0v) is 11.7. The Morgan fingerprint density at radius 1 is 1.33 bits per heavy atom. The molecule has 0 aromatic rings. The molecule has 0 amide bonds. The Balaban J connectivity index is 0.000000405. The van der Waals surface area contributed by atoms with Gasteiger partial charge in [-0.15, -0.1) is 0 Å². The van der Waals surface area contributed by atoms with E-state index in [1.807, 2.05) is 0 Å². The van der Waals surface area contributed by atoms with Crippen LogP contribution in [-0.2, 0) is 0 Å². The van der Waals surface area contributed by atoms with Gasteiger partial charge in [-0.05, 0) is 13.5 Å². The van der Waals surface area contributed by atoms with Crippen molar-refractivity contribution in [3.8, 4) is 0 Å². The van der Waals surface area contributed by atoms with E-state index in [1.165, 1.54) is 19.5 Å². The summed E-state index contributed by atoms with van der Waals surface area (Å²) in [7, 11) is 2.19. The summed E-state index contributed by atoms with van der Waals surface area (Å²) in [4.78, 5) is 2.40. The van der Waals surface area contributed by atoms with Crippen molar-refractivity contribution in [1.82, 2.24) is 10.2 Å². The van der Waals surface area contributed by atoms with E-state index in [4.69, 9.17) is 0 Å². The second-order valence-electron chi connectivity index (χ2n) is 3.02. The van der Waals surface area contributed by atoms with E-state index in [0.29, 0.717) is 0 Å².